The number of rotatable bonds is 2. The van der Waals surface area contributed by atoms with Crippen LogP contribution >= 0.6 is 15.9 Å². The van der Waals surface area contributed by atoms with Gasteiger partial charge in [0.25, 0.3) is 0 Å². The van der Waals surface area contributed by atoms with E-state index in [0.717, 1.165) is 52.9 Å². The standard InChI is InChI=1S/C16H16BrN5/c17-12-3-4-14-13(8-12)16(21-10-20-14)22-7-1-2-11(9-22)15-18-5-6-19-15/h3-6,8,10-11H,1-2,7,9H2,(H,18,19). The van der Waals surface area contributed by atoms with Gasteiger partial charge in [-0.1, -0.05) is 15.9 Å². The third-order valence-corrected chi connectivity index (χ3v) is 4.70. The van der Waals surface area contributed by atoms with Crippen LogP contribution in [-0.2, 0) is 0 Å². The minimum atomic E-state index is 0.431. The largest absolute Gasteiger partial charge is 0.355 e. The van der Waals surface area contributed by atoms with Crippen molar-refractivity contribution in [3.63, 3.8) is 0 Å². The molecule has 1 aromatic carbocycles. The summed E-state index contributed by atoms with van der Waals surface area (Å²) < 4.78 is 1.05. The molecule has 3 aromatic rings. The van der Waals surface area contributed by atoms with Crippen LogP contribution in [0.5, 0.6) is 0 Å². The van der Waals surface area contributed by atoms with E-state index in [1.54, 1.807) is 6.33 Å². The van der Waals surface area contributed by atoms with E-state index < -0.39 is 0 Å². The van der Waals surface area contributed by atoms with Crippen LogP contribution in [0.2, 0.25) is 0 Å². The third kappa shape index (κ3) is 2.47. The van der Waals surface area contributed by atoms with Gasteiger partial charge < -0.3 is 9.88 Å². The molecule has 1 atom stereocenters. The van der Waals surface area contributed by atoms with Crippen LogP contribution in [0.1, 0.15) is 24.6 Å². The van der Waals surface area contributed by atoms with Crippen LogP contribution in [0.15, 0.2) is 41.4 Å². The zero-order chi connectivity index (χ0) is 14.9. The first kappa shape index (κ1) is 13.7. The lowest BCUT2D eigenvalue weighted by Gasteiger charge is -2.33. The normalized spacial score (nSPS) is 18.8. The van der Waals surface area contributed by atoms with Crippen molar-refractivity contribution in [2.45, 2.75) is 18.8 Å². The molecule has 0 saturated carbocycles. The SMILES string of the molecule is Brc1ccc2ncnc(N3CCCC(c4ncc[nH]4)C3)c2c1. The van der Waals surface area contributed by atoms with Gasteiger partial charge >= 0.3 is 0 Å². The second-order valence-electron chi connectivity index (χ2n) is 5.62. The summed E-state index contributed by atoms with van der Waals surface area (Å²) in [6.45, 7) is 1.96. The summed E-state index contributed by atoms with van der Waals surface area (Å²) in [5.41, 5.74) is 0.980. The first-order chi connectivity index (χ1) is 10.8. The quantitative estimate of drug-likeness (QED) is 0.762. The summed E-state index contributed by atoms with van der Waals surface area (Å²) in [5, 5.41) is 1.09. The summed E-state index contributed by atoms with van der Waals surface area (Å²) in [4.78, 5) is 18.9. The first-order valence-electron chi connectivity index (χ1n) is 7.46. The number of hydrogen-bond acceptors (Lipinski definition) is 4. The highest BCUT2D eigenvalue weighted by atomic mass is 79.9. The molecule has 1 aliphatic rings. The van der Waals surface area contributed by atoms with Crippen LogP contribution in [0.25, 0.3) is 10.9 Å². The van der Waals surface area contributed by atoms with Gasteiger partial charge in [0.2, 0.25) is 0 Å². The number of nitrogens with one attached hydrogen (secondary N) is 1. The van der Waals surface area contributed by atoms with Crippen molar-refractivity contribution in [3.8, 4) is 0 Å². The zero-order valence-electron chi connectivity index (χ0n) is 12.0. The lowest BCUT2D eigenvalue weighted by molar-refractivity contribution is 0.492. The number of H-pyrrole nitrogens is 1. The maximum Gasteiger partial charge on any atom is 0.139 e. The predicted octanol–water partition coefficient (Wildman–Crippen LogP) is 3.50. The average molecular weight is 358 g/mol. The first-order valence-corrected chi connectivity index (χ1v) is 8.25. The summed E-state index contributed by atoms with van der Waals surface area (Å²) in [6.07, 6.45) is 7.68. The fourth-order valence-electron chi connectivity index (χ4n) is 3.16. The molecular formula is C16H16BrN5. The van der Waals surface area contributed by atoms with Crippen LogP contribution in [0.4, 0.5) is 5.82 Å². The summed E-state index contributed by atoms with van der Waals surface area (Å²) in [5.74, 6) is 2.52. The van der Waals surface area contributed by atoms with Crippen LogP contribution < -0.4 is 4.90 Å². The van der Waals surface area contributed by atoms with Crippen molar-refractivity contribution in [1.82, 2.24) is 19.9 Å². The molecule has 112 valence electrons. The second kappa shape index (κ2) is 5.68. The number of piperidine rings is 1. The smallest absolute Gasteiger partial charge is 0.139 e. The van der Waals surface area contributed by atoms with Gasteiger partial charge in [0.15, 0.2) is 0 Å². The lowest BCUT2D eigenvalue weighted by atomic mass is 9.97. The highest BCUT2D eigenvalue weighted by Crippen LogP contribution is 2.31. The number of aromatic nitrogens is 4. The zero-order valence-corrected chi connectivity index (χ0v) is 13.6. The molecule has 22 heavy (non-hydrogen) atoms. The molecule has 3 heterocycles. The molecule has 4 rings (SSSR count). The van der Waals surface area contributed by atoms with Crippen molar-refractivity contribution in [1.29, 1.82) is 0 Å². The third-order valence-electron chi connectivity index (χ3n) is 4.20. The Morgan fingerprint density at radius 2 is 2.18 bits per heavy atom. The maximum atomic E-state index is 4.55. The topological polar surface area (TPSA) is 57.7 Å². The van der Waals surface area contributed by atoms with Gasteiger partial charge in [0, 0.05) is 41.3 Å². The Morgan fingerprint density at radius 1 is 1.23 bits per heavy atom. The molecule has 0 radical (unpaired) electrons. The molecule has 6 heteroatoms. The van der Waals surface area contributed by atoms with Gasteiger partial charge in [-0.15, -0.1) is 0 Å². The maximum absolute atomic E-state index is 4.55. The number of anilines is 1. The molecule has 1 unspecified atom stereocenters. The predicted molar refractivity (Wildman–Crippen MR) is 90.0 cm³/mol. The minimum Gasteiger partial charge on any atom is -0.355 e. The second-order valence-corrected chi connectivity index (χ2v) is 6.53. The number of benzene rings is 1. The molecule has 0 bridgehead atoms. The van der Waals surface area contributed by atoms with Crippen molar-refractivity contribution in [2.75, 3.05) is 18.0 Å². The average Bonchev–Trinajstić information content (AvgIpc) is 3.09. The van der Waals surface area contributed by atoms with E-state index in [9.17, 15) is 0 Å². The van der Waals surface area contributed by atoms with E-state index >= 15 is 0 Å². The van der Waals surface area contributed by atoms with Crippen LogP contribution in [0, 0.1) is 0 Å². The molecule has 0 amide bonds. The Kier molecular flexibility index (Phi) is 3.54. The molecule has 1 N–H and O–H groups in total. The van der Waals surface area contributed by atoms with Crippen LogP contribution in [0.3, 0.4) is 0 Å². The van der Waals surface area contributed by atoms with E-state index in [4.69, 9.17) is 0 Å². The van der Waals surface area contributed by atoms with E-state index in [1.165, 1.54) is 0 Å². The van der Waals surface area contributed by atoms with Gasteiger partial charge in [-0.3, -0.25) is 0 Å². The fraction of sp³-hybridized carbons (Fsp3) is 0.312. The molecule has 1 fully saturated rings. The Bertz CT molecular complexity index is 786. The summed E-state index contributed by atoms with van der Waals surface area (Å²) in [6, 6.07) is 6.14. The van der Waals surface area contributed by atoms with E-state index in [1.807, 2.05) is 24.5 Å². The summed E-state index contributed by atoms with van der Waals surface area (Å²) in [7, 11) is 0. The lowest BCUT2D eigenvalue weighted by Crippen LogP contribution is -2.35. The van der Waals surface area contributed by atoms with Crippen molar-refractivity contribution < 1.29 is 0 Å². The van der Waals surface area contributed by atoms with E-state index in [2.05, 4.69) is 46.8 Å². The Morgan fingerprint density at radius 3 is 3.05 bits per heavy atom. The molecule has 1 saturated heterocycles. The van der Waals surface area contributed by atoms with Crippen molar-refractivity contribution >= 4 is 32.7 Å². The molecule has 5 nitrogen and oxygen atoms in total. The molecular weight excluding hydrogens is 342 g/mol. The van der Waals surface area contributed by atoms with Gasteiger partial charge in [0.05, 0.1) is 5.52 Å². The molecule has 0 spiro atoms. The number of hydrogen-bond donors (Lipinski definition) is 1. The van der Waals surface area contributed by atoms with Gasteiger partial charge in [-0.05, 0) is 31.0 Å². The highest BCUT2D eigenvalue weighted by molar-refractivity contribution is 9.10. The number of fused-ring (bicyclic) bond motifs is 1. The van der Waals surface area contributed by atoms with Gasteiger partial charge in [-0.2, -0.15) is 0 Å². The van der Waals surface area contributed by atoms with Crippen molar-refractivity contribution in [2.24, 2.45) is 0 Å². The molecule has 2 aromatic heterocycles. The van der Waals surface area contributed by atoms with Crippen molar-refractivity contribution in [3.05, 3.63) is 47.2 Å². The molecule has 1 aliphatic heterocycles. The highest BCUT2D eigenvalue weighted by Gasteiger charge is 2.25. The van der Waals surface area contributed by atoms with E-state index in [0.29, 0.717) is 5.92 Å². The Balaban J connectivity index is 1.70. The fourth-order valence-corrected chi connectivity index (χ4v) is 3.52. The Hall–Kier alpha value is -1.95. The minimum absolute atomic E-state index is 0.431. The number of nitrogens with zero attached hydrogens (tertiary/aromatic N) is 4. The number of halogens is 1. The van der Waals surface area contributed by atoms with Crippen LogP contribution in [-0.4, -0.2) is 33.0 Å². The monoisotopic (exact) mass is 357 g/mol. The van der Waals surface area contributed by atoms with E-state index in [-0.39, 0.29) is 0 Å². The number of imidazole rings is 1. The van der Waals surface area contributed by atoms with Gasteiger partial charge in [-0.25, -0.2) is 15.0 Å². The van der Waals surface area contributed by atoms with Gasteiger partial charge in [0.1, 0.15) is 18.0 Å². The molecule has 0 aliphatic carbocycles. The summed E-state index contributed by atoms with van der Waals surface area (Å²) >= 11 is 3.54. The number of aromatic amines is 1. The Labute approximate surface area is 136 Å².